The maximum Gasteiger partial charge on any atom is 0.309 e. The van der Waals surface area contributed by atoms with E-state index >= 15 is 0 Å². The first-order valence-electron chi connectivity index (χ1n) is 9.60. The smallest absolute Gasteiger partial charge is 0.309 e. The maximum absolute atomic E-state index is 13.0. The van der Waals surface area contributed by atoms with Gasteiger partial charge < -0.3 is 4.74 Å². The van der Waals surface area contributed by atoms with E-state index < -0.39 is 5.83 Å². The molecule has 2 fully saturated rings. The van der Waals surface area contributed by atoms with Crippen LogP contribution in [0, 0.1) is 29.1 Å². The number of rotatable bonds is 6. The highest BCUT2D eigenvalue weighted by Crippen LogP contribution is 2.34. The number of carbonyl (C=O) groups is 1. The molecule has 3 nitrogen and oxygen atoms in total. The third-order valence-electron chi connectivity index (χ3n) is 5.64. The number of unbranched alkanes of at least 4 members (excludes halogenated alkanes) is 1. The van der Waals surface area contributed by atoms with E-state index in [9.17, 15) is 9.18 Å². The number of nitrogens with zero attached hydrogens (tertiary/aromatic N) is 1. The van der Waals surface area contributed by atoms with Crippen molar-refractivity contribution in [1.29, 1.82) is 5.26 Å². The molecule has 0 amide bonds. The summed E-state index contributed by atoms with van der Waals surface area (Å²) in [5, 5.41) is 8.48. The van der Waals surface area contributed by atoms with E-state index in [0.717, 1.165) is 57.3 Å². The van der Waals surface area contributed by atoms with Crippen molar-refractivity contribution in [2.75, 3.05) is 0 Å². The van der Waals surface area contributed by atoms with Gasteiger partial charge in [-0.2, -0.15) is 9.65 Å². The molecule has 24 heavy (non-hydrogen) atoms. The molecule has 2 saturated carbocycles. The van der Waals surface area contributed by atoms with Crippen LogP contribution in [0.1, 0.15) is 77.6 Å². The predicted octanol–water partition coefficient (Wildman–Crippen LogP) is 5.46. The standard InChI is InChI=1S/C20H30FNO2/c1-2-3-4-15-5-9-17(10-6-15)20(23)24-19-11-7-16(8-12-19)13-18(21)14-22/h13,15-17,19H,2-12H2,1H3/b18-13+. The summed E-state index contributed by atoms with van der Waals surface area (Å²) in [7, 11) is 0. The molecule has 0 unspecified atom stereocenters. The number of hydrogen-bond acceptors (Lipinski definition) is 3. The molecule has 0 aliphatic heterocycles. The zero-order valence-electron chi connectivity index (χ0n) is 14.8. The van der Waals surface area contributed by atoms with E-state index in [1.807, 2.05) is 0 Å². The molecular formula is C20H30FNO2. The Labute approximate surface area is 145 Å². The van der Waals surface area contributed by atoms with Gasteiger partial charge in [-0.1, -0.05) is 26.2 Å². The summed E-state index contributed by atoms with van der Waals surface area (Å²) in [5.74, 6) is 0.262. The molecule has 0 aromatic rings. The van der Waals surface area contributed by atoms with Crippen LogP contribution in [0.5, 0.6) is 0 Å². The minimum absolute atomic E-state index is 0.0221. The Hall–Kier alpha value is -1.37. The number of esters is 1. The Morgan fingerprint density at radius 1 is 1.17 bits per heavy atom. The minimum atomic E-state index is -0.699. The first-order valence-corrected chi connectivity index (χ1v) is 9.60. The van der Waals surface area contributed by atoms with Crippen LogP contribution in [-0.4, -0.2) is 12.1 Å². The zero-order chi connectivity index (χ0) is 17.4. The minimum Gasteiger partial charge on any atom is -0.462 e. The second-order valence-electron chi connectivity index (χ2n) is 7.46. The average Bonchev–Trinajstić information content (AvgIpc) is 2.61. The monoisotopic (exact) mass is 335 g/mol. The van der Waals surface area contributed by atoms with Crippen molar-refractivity contribution in [3.8, 4) is 6.07 Å². The summed E-state index contributed by atoms with van der Waals surface area (Å²) in [4.78, 5) is 12.4. The van der Waals surface area contributed by atoms with Gasteiger partial charge in [-0.3, -0.25) is 4.79 Å². The quantitative estimate of drug-likeness (QED) is 0.478. The van der Waals surface area contributed by atoms with Gasteiger partial charge in [0.1, 0.15) is 12.2 Å². The summed E-state index contributed by atoms with van der Waals surface area (Å²) in [6, 6.07) is 1.52. The molecular weight excluding hydrogens is 305 g/mol. The second-order valence-corrected chi connectivity index (χ2v) is 7.46. The van der Waals surface area contributed by atoms with Crippen molar-refractivity contribution in [2.45, 2.75) is 83.7 Å². The largest absolute Gasteiger partial charge is 0.462 e. The van der Waals surface area contributed by atoms with E-state index in [0.29, 0.717) is 0 Å². The fraction of sp³-hybridized carbons (Fsp3) is 0.800. The lowest BCUT2D eigenvalue weighted by Gasteiger charge is -2.31. The van der Waals surface area contributed by atoms with Gasteiger partial charge in [0.15, 0.2) is 5.83 Å². The number of ether oxygens (including phenoxy) is 1. The summed E-state index contributed by atoms with van der Waals surface area (Å²) in [6.45, 7) is 2.22. The van der Waals surface area contributed by atoms with E-state index in [1.165, 1.54) is 31.4 Å². The number of allylic oxidation sites excluding steroid dienone is 2. The van der Waals surface area contributed by atoms with Crippen molar-refractivity contribution in [1.82, 2.24) is 0 Å². The van der Waals surface area contributed by atoms with Crippen LogP contribution in [0.2, 0.25) is 0 Å². The van der Waals surface area contributed by atoms with Gasteiger partial charge >= 0.3 is 5.97 Å². The molecule has 0 N–H and O–H groups in total. The molecule has 0 bridgehead atoms. The maximum atomic E-state index is 13.0. The zero-order valence-corrected chi connectivity index (χ0v) is 14.8. The van der Waals surface area contributed by atoms with E-state index in [1.54, 1.807) is 0 Å². The molecule has 0 spiro atoms. The summed E-state index contributed by atoms with van der Waals surface area (Å²) < 4.78 is 18.7. The van der Waals surface area contributed by atoms with Crippen molar-refractivity contribution in [2.24, 2.45) is 17.8 Å². The third-order valence-corrected chi connectivity index (χ3v) is 5.64. The van der Waals surface area contributed by atoms with Gasteiger partial charge in [0.25, 0.3) is 0 Å². The molecule has 2 aliphatic rings. The summed E-state index contributed by atoms with van der Waals surface area (Å²) >= 11 is 0. The number of nitriles is 1. The molecule has 2 rings (SSSR count). The highest BCUT2D eigenvalue weighted by atomic mass is 19.1. The normalized spacial score (nSPS) is 31.3. The third kappa shape index (κ3) is 5.92. The number of carbonyl (C=O) groups excluding carboxylic acids is 1. The van der Waals surface area contributed by atoms with Gasteiger partial charge in [0, 0.05) is 0 Å². The van der Waals surface area contributed by atoms with Crippen LogP contribution in [-0.2, 0) is 9.53 Å². The Morgan fingerprint density at radius 2 is 1.83 bits per heavy atom. The van der Waals surface area contributed by atoms with Crippen LogP contribution >= 0.6 is 0 Å². The Balaban J connectivity index is 1.68. The summed E-state index contributed by atoms with van der Waals surface area (Å²) in [6.07, 6.45) is 12.6. The molecule has 0 saturated heterocycles. The molecule has 0 aromatic carbocycles. The number of halogens is 1. The lowest BCUT2D eigenvalue weighted by molar-refractivity contribution is -0.157. The van der Waals surface area contributed by atoms with Crippen LogP contribution < -0.4 is 0 Å². The van der Waals surface area contributed by atoms with Gasteiger partial charge in [-0.25, -0.2) is 0 Å². The lowest BCUT2D eigenvalue weighted by Crippen LogP contribution is -2.30. The lowest BCUT2D eigenvalue weighted by atomic mass is 9.80. The van der Waals surface area contributed by atoms with Crippen LogP contribution in [0.3, 0.4) is 0 Å². The number of hydrogen-bond donors (Lipinski definition) is 0. The van der Waals surface area contributed by atoms with Crippen molar-refractivity contribution in [3.63, 3.8) is 0 Å². The van der Waals surface area contributed by atoms with Gasteiger partial charge in [-0.15, -0.1) is 0 Å². The SMILES string of the molecule is CCCCC1CCC(C(=O)OC2CCC(/C=C(/F)C#N)CC2)CC1. The topological polar surface area (TPSA) is 50.1 Å². The molecule has 0 atom stereocenters. The van der Waals surface area contributed by atoms with Crippen LogP contribution in [0.25, 0.3) is 0 Å². The summed E-state index contributed by atoms with van der Waals surface area (Å²) in [5.41, 5.74) is 0. The van der Waals surface area contributed by atoms with E-state index in [4.69, 9.17) is 10.00 Å². The van der Waals surface area contributed by atoms with Crippen molar-refractivity contribution >= 4 is 5.97 Å². The molecule has 0 radical (unpaired) electrons. The fourth-order valence-corrected chi connectivity index (χ4v) is 4.06. The Morgan fingerprint density at radius 3 is 2.42 bits per heavy atom. The van der Waals surface area contributed by atoms with E-state index in [-0.39, 0.29) is 23.9 Å². The first-order chi connectivity index (χ1) is 11.6. The molecule has 0 heterocycles. The fourth-order valence-electron chi connectivity index (χ4n) is 4.06. The first kappa shape index (κ1) is 19.0. The van der Waals surface area contributed by atoms with Gasteiger partial charge in [0.2, 0.25) is 0 Å². The Bertz CT molecular complexity index is 467. The molecule has 2 aliphatic carbocycles. The molecule has 4 heteroatoms. The highest BCUT2D eigenvalue weighted by molar-refractivity contribution is 5.72. The molecule has 134 valence electrons. The average molecular weight is 335 g/mol. The van der Waals surface area contributed by atoms with Gasteiger partial charge in [0.05, 0.1) is 5.92 Å². The molecule has 0 aromatic heterocycles. The van der Waals surface area contributed by atoms with Crippen LogP contribution in [0.15, 0.2) is 11.9 Å². The van der Waals surface area contributed by atoms with Crippen molar-refractivity contribution < 1.29 is 13.9 Å². The van der Waals surface area contributed by atoms with Crippen molar-refractivity contribution in [3.05, 3.63) is 11.9 Å². The van der Waals surface area contributed by atoms with Crippen LogP contribution in [0.4, 0.5) is 4.39 Å². The predicted molar refractivity (Wildman–Crippen MR) is 91.6 cm³/mol. The highest BCUT2D eigenvalue weighted by Gasteiger charge is 2.30. The Kier molecular flexibility index (Phi) is 7.75. The second kappa shape index (κ2) is 9.81. The van der Waals surface area contributed by atoms with Gasteiger partial charge in [-0.05, 0) is 69.3 Å². The van der Waals surface area contributed by atoms with E-state index in [2.05, 4.69) is 6.92 Å².